The first-order chi connectivity index (χ1) is 7.61. The predicted octanol–water partition coefficient (Wildman–Crippen LogP) is 2.95. The number of nitrogens with zero attached hydrogens (tertiary/aromatic N) is 1. The highest BCUT2D eigenvalue weighted by molar-refractivity contribution is 4.93. The van der Waals surface area contributed by atoms with Crippen LogP contribution in [-0.4, -0.2) is 13.1 Å². The molecule has 3 unspecified atom stereocenters. The van der Waals surface area contributed by atoms with Crippen LogP contribution in [0.3, 0.4) is 0 Å². The smallest absolute Gasteiger partial charge is 0.0684 e. The van der Waals surface area contributed by atoms with E-state index in [1.165, 1.54) is 32.2 Å². The molecule has 0 radical (unpaired) electrons. The molecule has 2 aliphatic carbocycles. The van der Waals surface area contributed by atoms with E-state index in [-0.39, 0.29) is 5.41 Å². The van der Waals surface area contributed by atoms with Crippen LogP contribution in [0, 0.1) is 34.5 Å². The summed E-state index contributed by atoms with van der Waals surface area (Å²) in [7, 11) is 0. The lowest BCUT2D eigenvalue weighted by Crippen LogP contribution is -2.29. The molecule has 0 spiro atoms. The van der Waals surface area contributed by atoms with Crippen molar-refractivity contribution in [2.45, 2.75) is 46.0 Å². The Morgan fingerprint density at radius 1 is 1.31 bits per heavy atom. The largest absolute Gasteiger partial charge is 0.316 e. The monoisotopic (exact) mass is 220 g/mol. The highest BCUT2D eigenvalue weighted by Crippen LogP contribution is 2.47. The van der Waals surface area contributed by atoms with E-state index >= 15 is 0 Å². The minimum absolute atomic E-state index is 0.165. The molecule has 0 aromatic heterocycles. The zero-order chi connectivity index (χ0) is 11.6. The van der Waals surface area contributed by atoms with Gasteiger partial charge in [-0.15, -0.1) is 0 Å². The van der Waals surface area contributed by atoms with Gasteiger partial charge >= 0.3 is 0 Å². The quantitative estimate of drug-likeness (QED) is 0.723. The maximum absolute atomic E-state index is 8.91. The molecule has 2 bridgehead atoms. The first-order valence-corrected chi connectivity index (χ1v) is 6.73. The van der Waals surface area contributed by atoms with Crippen molar-refractivity contribution in [1.82, 2.24) is 5.32 Å². The lowest BCUT2D eigenvalue weighted by molar-refractivity contribution is 0.312. The molecule has 2 heteroatoms. The van der Waals surface area contributed by atoms with Gasteiger partial charge in [0.1, 0.15) is 0 Å². The average Bonchev–Trinajstić information content (AvgIpc) is 2.86. The van der Waals surface area contributed by atoms with Crippen LogP contribution >= 0.6 is 0 Å². The summed E-state index contributed by atoms with van der Waals surface area (Å²) in [5, 5.41) is 12.5. The Kier molecular flexibility index (Phi) is 3.54. The van der Waals surface area contributed by atoms with Gasteiger partial charge in [0.25, 0.3) is 0 Å². The average molecular weight is 220 g/mol. The summed E-state index contributed by atoms with van der Waals surface area (Å²) >= 11 is 0. The molecule has 0 aromatic carbocycles. The second-order valence-corrected chi connectivity index (χ2v) is 6.38. The van der Waals surface area contributed by atoms with Crippen molar-refractivity contribution in [2.24, 2.45) is 23.2 Å². The highest BCUT2D eigenvalue weighted by Gasteiger charge is 2.38. The molecule has 2 rings (SSSR count). The van der Waals surface area contributed by atoms with Gasteiger partial charge < -0.3 is 5.32 Å². The summed E-state index contributed by atoms with van der Waals surface area (Å²) in [5.74, 6) is 3.00. The van der Waals surface area contributed by atoms with Gasteiger partial charge in [-0.05, 0) is 70.4 Å². The first kappa shape index (κ1) is 11.9. The number of hydrogen-bond donors (Lipinski definition) is 1. The fourth-order valence-electron chi connectivity index (χ4n) is 3.37. The van der Waals surface area contributed by atoms with Crippen LogP contribution in [0.25, 0.3) is 0 Å². The van der Waals surface area contributed by atoms with Gasteiger partial charge in [-0.3, -0.25) is 0 Å². The molecule has 90 valence electrons. The minimum Gasteiger partial charge on any atom is -0.316 e. The maximum atomic E-state index is 8.91. The second kappa shape index (κ2) is 4.75. The molecule has 2 nitrogen and oxygen atoms in total. The zero-order valence-corrected chi connectivity index (χ0v) is 10.6. The molecule has 0 aromatic rings. The van der Waals surface area contributed by atoms with Gasteiger partial charge in [-0.2, -0.15) is 5.26 Å². The molecule has 2 saturated carbocycles. The predicted molar refractivity (Wildman–Crippen MR) is 65.8 cm³/mol. The third kappa shape index (κ3) is 2.77. The standard InChI is InChI=1S/C14H24N2/c1-14(2,10-15)5-6-16-9-13-8-11-3-4-12(13)7-11/h11-13,16H,3-9H2,1-2H3. The van der Waals surface area contributed by atoms with E-state index in [1.54, 1.807) is 0 Å². The van der Waals surface area contributed by atoms with Crippen LogP contribution < -0.4 is 5.32 Å². The van der Waals surface area contributed by atoms with E-state index in [1.807, 2.05) is 13.8 Å². The summed E-state index contributed by atoms with van der Waals surface area (Å²) in [4.78, 5) is 0. The zero-order valence-electron chi connectivity index (χ0n) is 10.6. The van der Waals surface area contributed by atoms with E-state index in [2.05, 4.69) is 11.4 Å². The van der Waals surface area contributed by atoms with Crippen molar-refractivity contribution in [3.63, 3.8) is 0 Å². The van der Waals surface area contributed by atoms with Gasteiger partial charge in [-0.25, -0.2) is 0 Å². The Labute approximate surface area is 99.4 Å². The van der Waals surface area contributed by atoms with Crippen molar-refractivity contribution < 1.29 is 0 Å². The molecule has 0 saturated heterocycles. The number of hydrogen-bond acceptors (Lipinski definition) is 2. The molecule has 16 heavy (non-hydrogen) atoms. The summed E-state index contributed by atoms with van der Waals surface area (Å²) < 4.78 is 0. The normalized spacial score (nSPS) is 32.9. The van der Waals surface area contributed by atoms with E-state index in [9.17, 15) is 0 Å². The van der Waals surface area contributed by atoms with Crippen molar-refractivity contribution in [3.05, 3.63) is 0 Å². The molecule has 0 heterocycles. The van der Waals surface area contributed by atoms with Gasteiger partial charge in [0.15, 0.2) is 0 Å². The van der Waals surface area contributed by atoms with Gasteiger partial charge in [-0.1, -0.05) is 6.42 Å². The summed E-state index contributed by atoms with van der Waals surface area (Å²) in [6.07, 6.45) is 6.88. The van der Waals surface area contributed by atoms with Crippen LogP contribution in [0.1, 0.15) is 46.0 Å². The van der Waals surface area contributed by atoms with Gasteiger partial charge in [0.2, 0.25) is 0 Å². The van der Waals surface area contributed by atoms with Crippen LogP contribution in [-0.2, 0) is 0 Å². The third-order valence-electron chi connectivity index (χ3n) is 4.52. The minimum atomic E-state index is -0.165. The molecule has 3 atom stereocenters. The van der Waals surface area contributed by atoms with E-state index in [0.717, 1.165) is 30.7 Å². The first-order valence-electron chi connectivity index (χ1n) is 6.73. The topological polar surface area (TPSA) is 35.8 Å². The lowest BCUT2D eigenvalue weighted by Gasteiger charge is -2.23. The number of fused-ring (bicyclic) bond motifs is 2. The fourth-order valence-corrected chi connectivity index (χ4v) is 3.37. The maximum Gasteiger partial charge on any atom is 0.0684 e. The Morgan fingerprint density at radius 3 is 2.69 bits per heavy atom. The third-order valence-corrected chi connectivity index (χ3v) is 4.52. The fraction of sp³-hybridized carbons (Fsp3) is 0.929. The number of nitriles is 1. The highest BCUT2D eigenvalue weighted by atomic mass is 14.9. The van der Waals surface area contributed by atoms with Crippen molar-refractivity contribution in [2.75, 3.05) is 13.1 Å². The summed E-state index contributed by atoms with van der Waals surface area (Å²) in [6, 6.07) is 2.36. The molecule has 0 amide bonds. The van der Waals surface area contributed by atoms with Crippen molar-refractivity contribution >= 4 is 0 Å². The number of nitrogens with one attached hydrogen (secondary N) is 1. The SMILES string of the molecule is CC(C)(C#N)CCNCC1CC2CCC1C2. The van der Waals surface area contributed by atoms with Gasteiger partial charge in [0, 0.05) is 0 Å². The number of rotatable bonds is 5. The van der Waals surface area contributed by atoms with E-state index < -0.39 is 0 Å². The van der Waals surface area contributed by atoms with E-state index in [4.69, 9.17) is 5.26 Å². The van der Waals surface area contributed by atoms with Crippen molar-refractivity contribution in [3.8, 4) is 6.07 Å². The summed E-state index contributed by atoms with van der Waals surface area (Å²) in [5.41, 5.74) is -0.165. The Hall–Kier alpha value is -0.550. The van der Waals surface area contributed by atoms with Crippen LogP contribution in [0.15, 0.2) is 0 Å². The van der Waals surface area contributed by atoms with E-state index in [0.29, 0.717) is 0 Å². The van der Waals surface area contributed by atoms with Gasteiger partial charge in [0.05, 0.1) is 11.5 Å². The molecule has 1 N–H and O–H groups in total. The molecule has 0 aliphatic heterocycles. The molecule has 2 fully saturated rings. The van der Waals surface area contributed by atoms with Crippen molar-refractivity contribution in [1.29, 1.82) is 5.26 Å². The Bertz CT molecular complexity index is 277. The van der Waals surface area contributed by atoms with Crippen LogP contribution in [0.5, 0.6) is 0 Å². The molecule has 2 aliphatic rings. The van der Waals surface area contributed by atoms with Crippen LogP contribution in [0.4, 0.5) is 0 Å². The molecular formula is C14H24N2. The van der Waals surface area contributed by atoms with Crippen LogP contribution in [0.2, 0.25) is 0 Å². The summed E-state index contributed by atoms with van der Waals surface area (Å²) in [6.45, 7) is 6.22. The molecular weight excluding hydrogens is 196 g/mol. The lowest BCUT2D eigenvalue weighted by atomic mass is 9.88. The second-order valence-electron chi connectivity index (χ2n) is 6.38. The Morgan fingerprint density at radius 2 is 2.12 bits per heavy atom. The Balaban J connectivity index is 1.61.